The van der Waals surface area contributed by atoms with Crippen LogP contribution in [-0.4, -0.2) is 27.9 Å². The van der Waals surface area contributed by atoms with Gasteiger partial charge < -0.3 is 10.2 Å². The molecule has 1 aliphatic heterocycles. The van der Waals surface area contributed by atoms with Crippen molar-refractivity contribution in [3.8, 4) is 0 Å². The van der Waals surface area contributed by atoms with Gasteiger partial charge in [-0.05, 0) is 20.3 Å². The van der Waals surface area contributed by atoms with Crippen LogP contribution < -0.4 is 10.2 Å². The van der Waals surface area contributed by atoms with E-state index in [1.807, 2.05) is 0 Å². The molecule has 1 N–H and O–H groups in total. The first-order chi connectivity index (χ1) is 8.06. The lowest BCUT2D eigenvalue weighted by Gasteiger charge is -2.32. The maximum absolute atomic E-state index is 11.8. The normalized spacial score (nSPS) is 15.1. The highest BCUT2D eigenvalue weighted by Gasteiger charge is 2.31. The van der Waals surface area contributed by atoms with Crippen LogP contribution in [0.1, 0.15) is 43.4 Å². The zero-order valence-electron chi connectivity index (χ0n) is 10.3. The first-order valence-corrected chi connectivity index (χ1v) is 6.23. The van der Waals surface area contributed by atoms with E-state index >= 15 is 0 Å². The van der Waals surface area contributed by atoms with Gasteiger partial charge in [0.15, 0.2) is 5.69 Å². The zero-order chi connectivity index (χ0) is 12.6. The summed E-state index contributed by atoms with van der Waals surface area (Å²) in [5.74, 6) is -0.145. The molecule has 2 rings (SSSR count). The molecule has 0 atom stereocenters. The molecule has 5 nitrogen and oxygen atoms in total. The van der Waals surface area contributed by atoms with Crippen LogP contribution in [-0.2, 0) is 6.42 Å². The van der Waals surface area contributed by atoms with E-state index in [0.29, 0.717) is 18.4 Å². The molecular weight excluding hydrogens is 240 g/mol. The van der Waals surface area contributed by atoms with Crippen molar-refractivity contribution in [1.29, 1.82) is 0 Å². The van der Waals surface area contributed by atoms with E-state index in [1.54, 1.807) is 0 Å². The lowest BCUT2D eigenvalue weighted by atomic mass is 10.1. The summed E-state index contributed by atoms with van der Waals surface area (Å²) in [5.41, 5.74) is 2.25. The van der Waals surface area contributed by atoms with Gasteiger partial charge in [-0.25, -0.2) is 0 Å². The molecule has 0 aromatic carbocycles. The molecule has 6 heteroatoms. The molecule has 0 radical (unpaired) electrons. The van der Waals surface area contributed by atoms with E-state index in [9.17, 15) is 4.79 Å². The van der Waals surface area contributed by atoms with Crippen LogP contribution in [0.2, 0.25) is 0 Å². The predicted molar refractivity (Wildman–Crippen MR) is 67.4 cm³/mol. The number of rotatable bonds is 3. The predicted octanol–water partition coefficient (Wildman–Crippen LogP) is 1.75. The van der Waals surface area contributed by atoms with Crippen LogP contribution in [0, 0.1) is 0 Å². The first kappa shape index (κ1) is 12.2. The fraction of sp³-hybridized carbons (Fsp3) is 0.636. The number of hydrogen-bond donors (Lipinski definition) is 1. The Hall–Kier alpha value is -1.23. The minimum absolute atomic E-state index is 0.145. The monoisotopic (exact) mass is 256 g/mol. The molecule has 1 aromatic heterocycles. The molecule has 0 saturated heterocycles. The topological polar surface area (TPSA) is 50.2 Å². The average molecular weight is 257 g/mol. The minimum atomic E-state index is -0.145. The van der Waals surface area contributed by atoms with E-state index in [2.05, 4.69) is 36.1 Å². The van der Waals surface area contributed by atoms with Gasteiger partial charge in [0.05, 0.1) is 18.1 Å². The Kier molecular flexibility index (Phi) is 3.28. The van der Waals surface area contributed by atoms with Crippen molar-refractivity contribution in [2.24, 2.45) is 0 Å². The number of carbonyl (C=O) groups is 1. The molecular formula is C11H17ClN4O. The number of carbonyl (C=O) groups excluding carboxylic acids is 1. The third kappa shape index (κ3) is 1.99. The maximum Gasteiger partial charge on any atom is 0.275 e. The van der Waals surface area contributed by atoms with Gasteiger partial charge in [0.2, 0.25) is 0 Å². The molecule has 0 aliphatic carbocycles. The Morgan fingerprint density at radius 2 is 2.24 bits per heavy atom. The van der Waals surface area contributed by atoms with Gasteiger partial charge >= 0.3 is 0 Å². The van der Waals surface area contributed by atoms with Crippen LogP contribution in [0.15, 0.2) is 0 Å². The largest absolute Gasteiger partial charge is 0.348 e. The molecule has 94 valence electrons. The summed E-state index contributed by atoms with van der Waals surface area (Å²) < 4.78 is 1.31. The molecule has 0 saturated carbocycles. The van der Waals surface area contributed by atoms with E-state index in [0.717, 1.165) is 24.2 Å². The zero-order valence-corrected chi connectivity index (χ0v) is 11.1. The number of nitrogens with zero attached hydrogens (tertiary/aromatic N) is 3. The highest BCUT2D eigenvalue weighted by Crippen LogP contribution is 2.30. The van der Waals surface area contributed by atoms with Gasteiger partial charge in [0.25, 0.3) is 5.91 Å². The van der Waals surface area contributed by atoms with Crippen molar-refractivity contribution in [3.05, 3.63) is 11.4 Å². The van der Waals surface area contributed by atoms with Crippen molar-refractivity contribution < 1.29 is 4.79 Å². The van der Waals surface area contributed by atoms with Crippen molar-refractivity contribution >= 4 is 23.4 Å². The van der Waals surface area contributed by atoms with Crippen molar-refractivity contribution in [3.63, 3.8) is 0 Å². The molecule has 1 amide bonds. The van der Waals surface area contributed by atoms with Crippen LogP contribution in [0.4, 0.5) is 5.69 Å². The second-order valence-electron chi connectivity index (χ2n) is 4.48. The molecule has 0 unspecified atom stereocenters. The summed E-state index contributed by atoms with van der Waals surface area (Å²) in [6, 6.07) is 0.297. The Labute approximate surface area is 106 Å². The van der Waals surface area contributed by atoms with Crippen LogP contribution >= 0.6 is 11.8 Å². The smallest absolute Gasteiger partial charge is 0.275 e. The van der Waals surface area contributed by atoms with Gasteiger partial charge in [0, 0.05) is 17.8 Å². The Balaban J connectivity index is 2.53. The van der Waals surface area contributed by atoms with E-state index in [4.69, 9.17) is 11.8 Å². The van der Waals surface area contributed by atoms with Crippen LogP contribution in [0.3, 0.4) is 0 Å². The molecule has 2 heterocycles. The highest BCUT2D eigenvalue weighted by atomic mass is 35.5. The summed E-state index contributed by atoms with van der Waals surface area (Å²) in [5, 5.41) is 6.92. The molecule has 0 fully saturated rings. The minimum Gasteiger partial charge on any atom is -0.348 e. The Morgan fingerprint density at radius 3 is 2.82 bits per heavy atom. The first-order valence-electron chi connectivity index (χ1n) is 5.89. The number of hydrogen-bond acceptors (Lipinski definition) is 3. The van der Waals surface area contributed by atoms with Crippen LogP contribution in [0.5, 0.6) is 0 Å². The third-order valence-corrected chi connectivity index (χ3v) is 3.21. The Bertz CT molecular complexity index is 441. The second-order valence-corrected chi connectivity index (χ2v) is 4.80. The lowest BCUT2D eigenvalue weighted by Crippen LogP contribution is -2.46. The second kappa shape index (κ2) is 4.56. The van der Waals surface area contributed by atoms with Crippen molar-refractivity contribution in [1.82, 2.24) is 14.6 Å². The Morgan fingerprint density at radius 1 is 1.53 bits per heavy atom. The van der Waals surface area contributed by atoms with Gasteiger partial charge in [-0.3, -0.25) is 4.79 Å². The summed E-state index contributed by atoms with van der Waals surface area (Å²) >= 11 is 6.05. The van der Waals surface area contributed by atoms with Gasteiger partial charge in [-0.1, -0.05) is 13.3 Å². The number of anilines is 1. The number of nitrogens with one attached hydrogen (secondary N) is 1. The quantitative estimate of drug-likeness (QED) is 0.897. The summed E-state index contributed by atoms with van der Waals surface area (Å²) in [6.45, 7) is 6.77. The molecule has 1 aromatic rings. The molecule has 0 bridgehead atoms. The third-order valence-electron chi connectivity index (χ3n) is 2.93. The summed E-state index contributed by atoms with van der Waals surface area (Å²) in [4.78, 5) is 13.9. The molecule has 17 heavy (non-hydrogen) atoms. The average Bonchev–Trinajstić information content (AvgIpc) is 2.58. The fourth-order valence-electron chi connectivity index (χ4n) is 2.08. The molecule has 1 aliphatic rings. The number of amides is 1. The van der Waals surface area contributed by atoms with Crippen molar-refractivity contribution in [2.45, 2.75) is 39.7 Å². The number of halogens is 1. The van der Waals surface area contributed by atoms with Gasteiger partial charge in [0.1, 0.15) is 0 Å². The SMILES string of the molecule is CCCc1c2c(nn1Cl)C(=O)NCN2C(C)C. The maximum atomic E-state index is 11.8. The number of aromatic nitrogens is 2. The van der Waals surface area contributed by atoms with Crippen molar-refractivity contribution in [2.75, 3.05) is 11.6 Å². The molecule has 0 spiro atoms. The number of fused-ring (bicyclic) bond motifs is 1. The van der Waals surface area contributed by atoms with E-state index < -0.39 is 0 Å². The van der Waals surface area contributed by atoms with E-state index in [1.165, 1.54) is 4.20 Å². The summed E-state index contributed by atoms with van der Waals surface area (Å²) in [7, 11) is 0. The highest BCUT2D eigenvalue weighted by molar-refractivity contribution is 6.16. The fourth-order valence-corrected chi connectivity index (χ4v) is 2.32. The van der Waals surface area contributed by atoms with Crippen LogP contribution in [0.25, 0.3) is 0 Å². The lowest BCUT2D eigenvalue weighted by molar-refractivity contribution is 0.0941. The summed E-state index contributed by atoms with van der Waals surface area (Å²) in [6.07, 6.45) is 1.79. The van der Waals surface area contributed by atoms with E-state index in [-0.39, 0.29) is 5.91 Å². The van der Waals surface area contributed by atoms with Gasteiger partial charge in [-0.15, -0.1) is 5.10 Å². The standard InChI is InChI=1S/C11H17ClN4O/c1-4-5-8-10-9(14-16(8)12)11(17)13-6-15(10)7(2)3/h7H,4-6H2,1-3H3,(H,13,17). The van der Waals surface area contributed by atoms with Gasteiger partial charge in [-0.2, -0.15) is 4.20 Å².